The molecule has 1 unspecified atom stereocenters. The van der Waals surface area contributed by atoms with Crippen LogP contribution in [0.4, 0.5) is 0 Å². The Balaban J connectivity index is 2.37. The molecule has 0 spiro atoms. The lowest BCUT2D eigenvalue weighted by molar-refractivity contribution is -0.138. The van der Waals surface area contributed by atoms with E-state index in [0.717, 1.165) is 19.4 Å². The lowest BCUT2D eigenvalue weighted by Crippen LogP contribution is -2.41. The van der Waals surface area contributed by atoms with Gasteiger partial charge in [0.15, 0.2) is 0 Å². The van der Waals surface area contributed by atoms with Crippen molar-refractivity contribution in [1.82, 2.24) is 4.90 Å². The highest BCUT2D eigenvalue weighted by molar-refractivity contribution is 5.73. The Hall–Kier alpha value is -1.39. The first-order valence-electron chi connectivity index (χ1n) is 6.27. The normalized spacial score (nSPS) is 12.7. The minimum absolute atomic E-state index is 0.377. The molecule has 0 fully saturated rings. The van der Waals surface area contributed by atoms with Gasteiger partial charge in [0.2, 0.25) is 0 Å². The molecule has 1 aromatic rings. The standard InChI is InChI=1S/C14H22N2O2/c1-3-11-4-6-12(7-5-11)8-9-16(2)10-13(15)14(17)18/h4-7,13H,3,8-10,15H2,1-2H3,(H,17,18). The number of nitrogens with zero attached hydrogens (tertiary/aromatic N) is 1. The number of carbonyl (C=O) groups is 1. The average Bonchev–Trinajstić information content (AvgIpc) is 2.36. The summed E-state index contributed by atoms with van der Waals surface area (Å²) >= 11 is 0. The molecule has 1 aromatic carbocycles. The van der Waals surface area contributed by atoms with E-state index in [1.807, 2.05) is 11.9 Å². The van der Waals surface area contributed by atoms with Crippen LogP contribution in [0.5, 0.6) is 0 Å². The van der Waals surface area contributed by atoms with Gasteiger partial charge in [-0.2, -0.15) is 0 Å². The molecule has 1 atom stereocenters. The zero-order chi connectivity index (χ0) is 13.5. The first-order valence-corrected chi connectivity index (χ1v) is 6.27. The summed E-state index contributed by atoms with van der Waals surface area (Å²) in [6.45, 7) is 3.32. The fourth-order valence-electron chi connectivity index (χ4n) is 1.77. The molecule has 0 saturated heterocycles. The molecule has 0 aliphatic heterocycles. The van der Waals surface area contributed by atoms with Crippen molar-refractivity contribution in [2.24, 2.45) is 5.73 Å². The molecule has 0 aliphatic rings. The van der Waals surface area contributed by atoms with Gasteiger partial charge in [-0.15, -0.1) is 0 Å². The third-order valence-corrected chi connectivity index (χ3v) is 3.04. The number of carboxylic acids is 1. The molecular formula is C14H22N2O2. The van der Waals surface area contributed by atoms with Crippen LogP contribution < -0.4 is 5.73 Å². The van der Waals surface area contributed by atoms with Gasteiger partial charge in [-0.1, -0.05) is 31.2 Å². The summed E-state index contributed by atoms with van der Waals surface area (Å²) in [5.74, 6) is -0.950. The number of aryl methyl sites for hydroxylation is 1. The van der Waals surface area contributed by atoms with Crippen molar-refractivity contribution >= 4 is 5.97 Å². The quantitative estimate of drug-likeness (QED) is 0.761. The highest BCUT2D eigenvalue weighted by atomic mass is 16.4. The zero-order valence-corrected chi connectivity index (χ0v) is 11.1. The van der Waals surface area contributed by atoms with Crippen LogP contribution in [0.15, 0.2) is 24.3 Å². The second-order valence-corrected chi connectivity index (χ2v) is 4.63. The van der Waals surface area contributed by atoms with E-state index in [9.17, 15) is 4.79 Å². The molecule has 1 rings (SSSR count). The predicted molar refractivity (Wildman–Crippen MR) is 72.6 cm³/mol. The lowest BCUT2D eigenvalue weighted by atomic mass is 10.1. The molecular weight excluding hydrogens is 228 g/mol. The second-order valence-electron chi connectivity index (χ2n) is 4.63. The van der Waals surface area contributed by atoms with Gasteiger partial charge in [-0.05, 0) is 31.0 Å². The van der Waals surface area contributed by atoms with E-state index in [0.29, 0.717) is 6.54 Å². The van der Waals surface area contributed by atoms with Crippen molar-refractivity contribution in [1.29, 1.82) is 0 Å². The molecule has 18 heavy (non-hydrogen) atoms. The van der Waals surface area contributed by atoms with Crippen LogP contribution >= 0.6 is 0 Å². The summed E-state index contributed by atoms with van der Waals surface area (Å²) in [5, 5.41) is 8.72. The van der Waals surface area contributed by atoms with Crippen molar-refractivity contribution in [3.63, 3.8) is 0 Å². The molecule has 0 bridgehead atoms. The van der Waals surface area contributed by atoms with Gasteiger partial charge in [-0.25, -0.2) is 0 Å². The van der Waals surface area contributed by atoms with Gasteiger partial charge >= 0.3 is 5.97 Å². The Morgan fingerprint density at radius 1 is 1.33 bits per heavy atom. The van der Waals surface area contributed by atoms with Crippen LogP contribution in [0.1, 0.15) is 18.1 Å². The molecule has 0 heterocycles. The minimum atomic E-state index is -0.950. The SMILES string of the molecule is CCc1ccc(CCN(C)CC(N)C(=O)O)cc1. The van der Waals surface area contributed by atoms with E-state index in [4.69, 9.17) is 10.8 Å². The summed E-state index contributed by atoms with van der Waals surface area (Å²) in [6, 6.07) is 7.72. The maximum atomic E-state index is 10.6. The Bertz CT molecular complexity index is 376. The van der Waals surface area contributed by atoms with Gasteiger partial charge in [0.05, 0.1) is 0 Å². The van der Waals surface area contributed by atoms with Crippen molar-refractivity contribution < 1.29 is 9.90 Å². The van der Waals surface area contributed by atoms with E-state index in [2.05, 4.69) is 31.2 Å². The van der Waals surface area contributed by atoms with Gasteiger partial charge in [-0.3, -0.25) is 4.79 Å². The Morgan fingerprint density at radius 3 is 2.39 bits per heavy atom. The highest BCUT2D eigenvalue weighted by Crippen LogP contribution is 2.06. The molecule has 0 amide bonds. The number of aliphatic carboxylic acids is 1. The van der Waals surface area contributed by atoms with Crippen LogP contribution in [0.2, 0.25) is 0 Å². The highest BCUT2D eigenvalue weighted by Gasteiger charge is 2.13. The number of benzene rings is 1. The smallest absolute Gasteiger partial charge is 0.321 e. The topological polar surface area (TPSA) is 66.6 Å². The van der Waals surface area contributed by atoms with Gasteiger partial charge in [0.1, 0.15) is 6.04 Å². The third kappa shape index (κ3) is 4.85. The molecule has 3 N–H and O–H groups in total. The molecule has 0 radical (unpaired) electrons. The van der Waals surface area contributed by atoms with Crippen LogP contribution in [-0.2, 0) is 17.6 Å². The van der Waals surface area contributed by atoms with E-state index < -0.39 is 12.0 Å². The Labute approximate surface area is 108 Å². The Morgan fingerprint density at radius 2 is 1.89 bits per heavy atom. The molecule has 0 aliphatic carbocycles. The van der Waals surface area contributed by atoms with Gasteiger partial charge < -0.3 is 15.7 Å². The van der Waals surface area contributed by atoms with Crippen LogP contribution in [0.25, 0.3) is 0 Å². The summed E-state index contributed by atoms with van der Waals surface area (Å²) in [6.07, 6.45) is 1.96. The van der Waals surface area contributed by atoms with Crippen molar-refractivity contribution in [3.05, 3.63) is 35.4 Å². The lowest BCUT2D eigenvalue weighted by Gasteiger charge is -2.18. The van der Waals surface area contributed by atoms with Crippen molar-refractivity contribution in [2.75, 3.05) is 20.1 Å². The Kier molecular flexibility index (Phi) is 5.82. The monoisotopic (exact) mass is 250 g/mol. The maximum Gasteiger partial charge on any atom is 0.321 e. The molecule has 100 valence electrons. The largest absolute Gasteiger partial charge is 0.480 e. The number of carboxylic acid groups (broad SMARTS) is 1. The number of hydrogen-bond acceptors (Lipinski definition) is 3. The zero-order valence-electron chi connectivity index (χ0n) is 11.1. The van der Waals surface area contributed by atoms with E-state index in [1.165, 1.54) is 11.1 Å². The van der Waals surface area contributed by atoms with Crippen molar-refractivity contribution in [2.45, 2.75) is 25.8 Å². The number of nitrogens with two attached hydrogens (primary N) is 1. The van der Waals surface area contributed by atoms with Crippen molar-refractivity contribution in [3.8, 4) is 0 Å². The summed E-state index contributed by atoms with van der Waals surface area (Å²) in [4.78, 5) is 12.6. The summed E-state index contributed by atoms with van der Waals surface area (Å²) in [5.41, 5.74) is 8.08. The predicted octanol–water partition coefficient (Wildman–Crippen LogP) is 1.14. The minimum Gasteiger partial charge on any atom is -0.480 e. The first-order chi connectivity index (χ1) is 8.52. The first kappa shape index (κ1) is 14.7. The van der Waals surface area contributed by atoms with Gasteiger partial charge in [0, 0.05) is 13.1 Å². The molecule has 4 heteroatoms. The average molecular weight is 250 g/mol. The fourth-order valence-corrected chi connectivity index (χ4v) is 1.77. The van der Waals surface area contributed by atoms with Gasteiger partial charge in [0.25, 0.3) is 0 Å². The second kappa shape index (κ2) is 7.13. The summed E-state index contributed by atoms with van der Waals surface area (Å²) in [7, 11) is 1.89. The maximum absolute atomic E-state index is 10.6. The summed E-state index contributed by atoms with van der Waals surface area (Å²) < 4.78 is 0. The number of likely N-dealkylation sites (N-methyl/N-ethyl adjacent to an activating group) is 1. The van der Waals surface area contributed by atoms with E-state index in [-0.39, 0.29) is 0 Å². The fraction of sp³-hybridized carbons (Fsp3) is 0.500. The molecule has 4 nitrogen and oxygen atoms in total. The van der Waals surface area contributed by atoms with E-state index >= 15 is 0 Å². The number of hydrogen-bond donors (Lipinski definition) is 2. The third-order valence-electron chi connectivity index (χ3n) is 3.04. The number of rotatable bonds is 7. The van der Waals surface area contributed by atoms with Crippen LogP contribution in [0.3, 0.4) is 0 Å². The molecule has 0 saturated carbocycles. The van der Waals surface area contributed by atoms with Crippen LogP contribution in [0, 0.1) is 0 Å². The van der Waals surface area contributed by atoms with Crippen LogP contribution in [-0.4, -0.2) is 42.2 Å². The molecule has 0 aromatic heterocycles. The van der Waals surface area contributed by atoms with E-state index in [1.54, 1.807) is 0 Å².